The Balaban J connectivity index is 1.83. The second kappa shape index (κ2) is 7.07. The number of ether oxygens (including phenoxy) is 1. The zero-order chi connectivity index (χ0) is 14.4. The third-order valence-corrected chi connectivity index (χ3v) is 3.15. The highest BCUT2D eigenvalue weighted by Gasteiger charge is 2.07. The van der Waals surface area contributed by atoms with Gasteiger partial charge >= 0.3 is 0 Å². The number of amides is 1. The van der Waals surface area contributed by atoms with E-state index >= 15 is 0 Å². The van der Waals surface area contributed by atoms with Gasteiger partial charge in [-0.2, -0.15) is 0 Å². The predicted molar refractivity (Wildman–Crippen MR) is 77.4 cm³/mol. The summed E-state index contributed by atoms with van der Waals surface area (Å²) in [4.78, 5) is 11.8. The molecule has 0 spiro atoms. The van der Waals surface area contributed by atoms with Gasteiger partial charge in [0.2, 0.25) is 5.91 Å². The van der Waals surface area contributed by atoms with Crippen LogP contribution in [0, 0.1) is 0 Å². The van der Waals surface area contributed by atoms with Crippen LogP contribution in [-0.4, -0.2) is 41.9 Å². The largest absolute Gasteiger partial charge is 0.391 e. The van der Waals surface area contributed by atoms with Gasteiger partial charge in [0.25, 0.3) is 0 Å². The molecule has 0 aliphatic heterocycles. The van der Waals surface area contributed by atoms with E-state index in [4.69, 9.17) is 4.74 Å². The molecule has 0 saturated carbocycles. The van der Waals surface area contributed by atoms with Crippen LogP contribution < -0.4 is 5.32 Å². The van der Waals surface area contributed by atoms with Crippen molar-refractivity contribution >= 4 is 16.8 Å². The van der Waals surface area contributed by atoms with Crippen molar-refractivity contribution < 1.29 is 14.6 Å². The summed E-state index contributed by atoms with van der Waals surface area (Å²) in [6.45, 7) is 1.02. The number of fused-ring (bicyclic) bond motifs is 1. The number of para-hydroxylation sites is 1. The van der Waals surface area contributed by atoms with Crippen LogP contribution in [0.3, 0.4) is 0 Å². The Bertz CT molecular complexity index is 565. The highest BCUT2D eigenvalue weighted by atomic mass is 16.5. The fourth-order valence-electron chi connectivity index (χ4n) is 2.14. The topological polar surface area (TPSA) is 63.5 Å². The summed E-state index contributed by atoms with van der Waals surface area (Å²) in [6.07, 6.45) is 1.86. The molecule has 1 amide bonds. The van der Waals surface area contributed by atoms with Gasteiger partial charge in [-0.3, -0.25) is 4.79 Å². The molecule has 0 bridgehead atoms. The van der Waals surface area contributed by atoms with Gasteiger partial charge in [-0.1, -0.05) is 18.2 Å². The first-order valence-electron chi connectivity index (χ1n) is 6.68. The molecule has 20 heavy (non-hydrogen) atoms. The lowest BCUT2D eigenvalue weighted by atomic mass is 10.2. The molecule has 1 atom stereocenters. The molecule has 1 aromatic carbocycles. The maximum Gasteiger partial charge on any atom is 0.239 e. The lowest BCUT2D eigenvalue weighted by molar-refractivity contribution is -0.121. The van der Waals surface area contributed by atoms with Crippen molar-refractivity contribution in [1.29, 1.82) is 0 Å². The minimum atomic E-state index is -0.535. The minimum absolute atomic E-state index is 0.0593. The Kier molecular flexibility index (Phi) is 5.15. The van der Waals surface area contributed by atoms with Gasteiger partial charge in [0.05, 0.1) is 12.7 Å². The molecule has 2 N–H and O–H groups in total. The van der Waals surface area contributed by atoms with E-state index in [9.17, 15) is 9.90 Å². The molecule has 108 valence electrons. The number of rotatable bonds is 7. The highest BCUT2D eigenvalue weighted by Crippen LogP contribution is 2.14. The lowest BCUT2D eigenvalue weighted by Crippen LogP contribution is -2.31. The van der Waals surface area contributed by atoms with E-state index in [1.165, 1.54) is 0 Å². The monoisotopic (exact) mass is 276 g/mol. The zero-order valence-corrected chi connectivity index (χ0v) is 11.6. The Morgan fingerprint density at radius 1 is 1.40 bits per heavy atom. The van der Waals surface area contributed by atoms with Crippen LogP contribution >= 0.6 is 0 Å². The molecule has 0 aliphatic rings. The Morgan fingerprint density at radius 3 is 3.00 bits per heavy atom. The smallest absolute Gasteiger partial charge is 0.239 e. The maximum absolute atomic E-state index is 11.8. The number of hydrogen-bond acceptors (Lipinski definition) is 3. The van der Waals surface area contributed by atoms with E-state index in [2.05, 4.69) is 5.32 Å². The number of benzene rings is 1. The number of carbonyl (C=O) groups is 1. The van der Waals surface area contributed by atoms with E-state index in [-0.39, 0.29) is 19.1 Å². The number of carbonyl (C=O) groups excluding carboxylic acids is 1. The van der Waals surface area contributed by atoms with Crippen LogP contribution in [0.15, 0.2) is 36.5 Å². The summed E-state index contributed by atoms with van der Waals surface area (Å²) < 4.78 is 6.74. The summed E-state index contributed by atoms with van der Waals surface area (Å²) in [7, 11) is 1.54. The average molecular weight is 276 g/mol. The molecule has 1 aromatic heterocycles. The SMILES string of the molecule is COCC(O)CCNC(=O)Cn1ccc2ccccc21. The molecular weight excluding hydrogens is 256 g/mol. The van der Waals surface area contributed by atoms with E-state index in [0.717, 1.165) is 10.9 Å². The van der Waals surface area contributed by atoms with Gasteiger partial charge < -0.3 is 19.7 Å². The maximum atomic E-state index is 11.8. The Morgan fingerprint density at radius 2 is 2.20 bits per heavy atom. The van der Waals surface area contributed by atoms with E-state index in [0.29, 0.717) is 13.0 Å². The number of nitrogens with one attached hydrogen (secondary N) is 1. The number of hydrogen-bond donors (Lipinski definition) is 2. The Hall–Kier alpha value is -1.85. The number of aromatic nitrogens is 1. The standard InChI is InChI=1S/C15H20N2O3/c1-20-11-13(18)6-8-16-15(19)10-17-9-7-12-4-2-3-5-14(12)17/h2-5,7,9,13,18H,6,8,10-11H2,1H3,(H,16,19). The van der Waals surface area contributed by atoms with Crippen molar-refractivity contribution in [2.24, 2.45) is 0 Å². The van der Waals surface area contributed by atoms with Crippen LogP contribution in [-0.2, 0) is 16.1 Å². The molecule has 5 nitrogen and oxygen atoms in total. The van der Waals surface area contributed by atoms with Crippen molar-refractivity contribution in [3.8, 4) is 0 Å². The molecule has 2 aromatic rings. The molecule has 0 saturated heterocycles. The molecule has 5 heteroatoms. The number of methoxy groups -OCH3 is 1. The lowest BCUT2D eigenvalue weighted by Gasteiger charge is -2.10. The second-order valence-corrected chi connectivity index (χ2v) is 4.75. The van der Waals surface area contributed by atoms with E-state index in [1.807, 2.05) is 41.1 Å². The third-order valence-electron chi connectivity index (χ3n) is 3.15. The van der Waals surface area contributed by atoms with Gasteiger partial charge in [-0.25, -0.2) is 0 Å². The van der Waals surface area contributed by atoms with Crippen LogP contribution in [0.4, 0.5) is 0 Å². The summed E-state index contributed by atoms with van der Waals surface area (Å²) in [5.41, 5.74) is 1.04. The van der Waals surface area contributed by atoms with Crippen molar-refractivity contribution in [3.63, 3.8) is 0 Å². The zero-order valence-electron chi connectivity index (χ0n) is 11.6. The normalized spacial score (nSPS) is 12.5. The Labute approximate surface area is 118 Å². The average Bonchev–Trinajstić information content (AvgIpc) is 2.83. The molecule has 0 fully saturated rings. The van der Waals surface area contributed by atoms with Crippen molar-refractivity contribution in [2.75, 3.05) is 20.3 Å². The highest BCUT2D eigenvalue weighted by molar-refractivity contribution is 5.83. The molecular formula is C15H20N2O3. The summed E-state index contributed by atoms with van der Waals surface area (Å²) in [5.74, 6) is -0.0593. The van der Waals surface area contributed by atoms with Crippen LogP contribution in [0.5, 0.6) is 0 Å². The van der Waals surface area contributed by atoms with Crippen molar-refractivity contribution in [2.45, 2.75) is 19.1 Å². The molecule has 0 radical (unpaired) electrons. The van der Waals surface area contributed by atoms with E-state index < -0.39 is 6.10 Å². The second-order valence-electron chi connectivity index (χ2n) is 4.75. The first kappa shape index (κ1) is 14.6. The molecule has 0 aliphatic carbocycles. The van der Waals surface area contributed by atoms with Crippen LogP contribution in [0.1, 0.15) is 6.42 Å². The van der Waals surface area contributed by atoms with Gasteiger partial charge in [-0.15, -0.1) is 0 Å². The first-order valence-corrected chi connectivity index (χ1v) is 6.68. The van der Waals surface area contributed by atoms with Crippen molar-refractivity contribution in [3.05, 3.63) is 36.5 Å². The van der Waals surface area contributed by atoms with Gasteiger partial charge in [0.1, 0.15) is 6.54 Å². The van der Waals surface area contributed by atoms with Crippen LogP contribution in [0.2, 0.25) is 0 Å². The number of nitrogens with zero attached hydrogens (tertiary/aromatic N) is 1. The first-order chi connectivity index (χ1) is 9.70. The minimum Gasteiger partial charge on any atom is -0.391 e. The fraction of sp³-hybridized carbons (Fsp3) is 0.400. The third kappa shape index (κ3) is 3.82. The molecule has 1 heterocycles. The van der Waals surface area contributed by atoms with Crippen LogP contribution in [0.25, 0.3) is 10.9 Å². The van der Waals surface area contributed by atoms with Crippen molar-refractivity contribution in [1.82, 2.24) is 9.88 Å². The fourth-order valence-corrected chi connectivity index (χ4v) is 2.14. The molecule has 1 unspecified atom stereocenters. The molecule has 2 rings (SSSR count). The van der Waals surface area contributed by atoms with Gasteiger partial charge in [0.15, 0.2) is 0 Å². The summed E-state index contributed by atoms with van der Waals surface area (Å²) in [5, 5.41) is 13.4. The number of aliphatic hydroxyl groups excluding tert-OH is 1. The van der Waals surface area contributed by atoms with Gasteiger partial charge in [0, 0.05) is 25.4 Å². The predicted octanol–water partition coefficient (Wildman–Crippen LogP) is 1.15. The van der Waals surface area contributed by atoms with E-state index in [1.54, 1.807) is 7.11 Å². The summed E-state index contributed by atoms with van der Waals surface area (Å²) in [6, 6.07) is 9.93. The van der Waals surface area contributed by atoms with Gasteiger partial charge in [-0.05, 0) is 23.9 Å². The number of aliphatic hydroxyl groups is 1. The summed E-state index contributed by atoms with van der Waals surface area (Å²) >= 11 is 0. The quantitative estimate of drug-likeness (QED) is 0.797.